The number of carbonyl (C=O) groups is 1. The van der Waals surface area contributed by atoms with Gasteiger partial charge in [-0.15, -0.1) is 0 Å². The first-order valence-electron chi connectivity index (χ1n) is 7.44. The van der Waals surface area contributed by atoms with Crippen molar-refractivity contribution in [1.82, 2.24) is 0 Å². The van der Waals surface area contributed by atoms with Crippen LogP contribution in [0, 0.1) is 11.3 Å². The SMILES string of the molecule is C[C@@]1(C(=O)O)CCC[C@]2(C)c3cc(O)ccc3CC[C@@H]12. The van der Waals surface area contributed by atoms with Crippen molar-refractivity contribution >= 4 is 5.97 Å². The Labute approximate surface area is 119 Å². The third kappa shape index (κ3) is 1.68. The Balaban J connectivity index is 2.13. The Bertz CT molecular complexity index is 565. The number of aromatic hydroxyl groups is 1. The average Bonchev–Trinajstić information content (AvgIpc) is 2.39. The van der Waals surface area contributed by atoms with Gasteiger partial charge in [0.05, 0.1) is 5.41 Å². The van der Waals surface area contributed by atoms with Crippen LogP contribution in [0.2, 0.25) is 0 Å². The van der Waals surface area contributed by atoms with Gasteiger partial charge in [-0.1, -0.05) is 19.4 Å². The molecular formula is C17H22O3. The monoisotopic (exact) mass is 274 g/mol. The summed E-state index contributed by atoms with van der Waals surface area (Å²) in [5.74, 6) is -0.235. The summed E-state index contributed by atoms with van der Waals surface area (Å²) in [7, 11) is 0. The summed E-state index contributed by atoms with van der Waals surface area (Å²) in [6.07, 6.45) is 4.55. The number of phenolic OH excluding ortho intramolecular Hbond substituents is 1. The van der Waals surface area contributed by atoms with E-state index in [1.165, 1.54) is 11.1 Å². The van der Waals surface area contributed by atoms with Crippen LogP contribution < -0.4 is 0 Å². The maximum absolute atomic E-state index is 11.8. The van der Waals surface area contributed by atoms with E-state index in [4.69, 9.17) is 0 Å². The second-order valence-electron chi connectivity index (χ2n) is 6.93. The van der Waals surface area contributed by atoms with E-state index >= 15 is 0 Å². The number of hydrogen-bond acceptors (Lipinski definition) is 2. The minimum atomic E-state index is -0.669. The zero-order valence-electron chi connectivity index (χ0n) is 12.1. The second-order valence-corrected chi connectivity index (χ2v) is 6.93. The number of hydrogen-bond donors (Lipinski definition) is 2. The molecule has 0 bridgehead atoms. The maximum atomic E-state index is 11.8. The molecular weight excluding hydrogens is 252 g/mol. The molecule has 0 saturated heterocycles. The van der Waals surface area contributed by atoms with Crippen molar-refractivity contribution in [3.8, 4) is 5.75 Å². The van der Waals surface area contributed by atoms with Crippen LogP contribution >= 0.6 is 0 Å². The molecule has 1 aromatic rings. The van der Waals surface area contributed by atoms with Gasteiger partial charge < -0.3 is 10.2 Å². The van der Waals surface area contributed by atoms with Crippen molar-refractivity contribution < 1.29 is 15.0 Å². The summed E-state index contributed by atoms with van der Waals surface area (Å²) in [5, 5.41) is 19.5. The van der Waals surface area contributed by atoms with Gasteiger partial charge in [-0.2, -0.15) is 0 Å². The molecule has 0 amide bonds. The van der Waals surface area contributed by atoms with Crippen molar-refractivity contribution in [1.29, 1.82) is 0 Å². The minimum absolute atomic E-state index is 0.127. The average molecular weight is 274 g/mol. The lowest BCUT2D eigenvalue weighted by atomic mass is 9.50. The van der Waals surface area contributed by atoms with Gasteiger partial charge in [0.15, 0.2) is 0 Å². The molecule has 0 spiro atoms. The van der Waals surface area contributed by atoms with Crippen LogP contribution in [0.15, 0.2) is 18.2 Å². The molecule has 108 valence electrons. The molecule has 0 radical (unpaired) electrons. The molecule has 2 aliphatic rings. The molecule has 2 aliphatic carbocycles. The summed E-state index contributed by atoms with van der Waals surface area (Å²) >= 11 is 0. The Morgan fingerprint density at radius 2 is 2.05 bits per heavy atom. The van der Waals surface area contributed by atoms with Crippen LogP contribution in [-0.2, 0) is 16.6 Å². The van der Waals surface area contributed by atoms with E-state index in [9.17, 15) is 15.0 Å². The molecule has 1 fully saturated rings. The van der Waals surface area contributed by atoms with Gasteiger partial charge in [-0.3, -0.25) is 4.79 Å². The van der Waals surface area contributed by atoms with Gasteiger partial charge in [0.1, 0.15) is 5.75 Å². The Kier molecular flexibility index (Phi) is 2.86. The number of rotatable bonds is 1. The summed E-state index contributed by atoms with van der Waals surface area (Å²) in [6, 6.07) is 5.59. The number of carboxylic acids is 1. The number of aliphatic carboxylic acids is 1. The number of benzene rings is 1. The van der Waals surface area contributed by atoms with Crippen molar-refractivity contribution in [2.24, 2.45) is 11.3 Å². The van der Waals surface area contributed by atoms with Crippen molar-refractivity contribution in [3.63, 3.8) is 0 Å². The van der Waals surface area contributed by atoms with Crippen LogP contribution in [0.1, 0.15) is 50.7 Å². The molecule has 0 aliphatic heterocycles. The first-order valence-corrected chi connectivity index (χ1v) is 7.44. The van der Waals surface area contributed by atoms with Crippen molar-refractivity contribution in [3.05, 3.63) is 29.3 Å². The van der Waals surface area contributed by atoms with Crippen molar-refractivity contribution in [2.45, 2.75) is 51.4 Å². The minimum Gasteiger partial charge on any atom is -0.508 e. The fourth-order valence-corrected chi connectivity index (χ4v) is 4.70. The summed E-state index contributed by atoms with van der Waals surface area (Å²) in [5.41, 5.74) is 1.67. The number of phenols is 1. The molecule has 3 nitrogen and oxygen atoms in total. The summed E-state index contributed by atoms with van der Waals surface area (Å²) < 4.78 is 0. The van der Waals surface area contributed by atoms with E-state index in [0.29, 0.717) is 0 Å². The first-order chi connectivity index (χ1) is 9.38. The molecule has 3 heteroatoms. The number of fused-ring (bicyclic) bond motifs is 3. The van der Waals surface area contributed by atoms with Gasteiger partial charge >= 0.3 is 5.97 Å². The van der Waals surface area contributed by atoms with Gasteiger partial charge in [0, 0.05) is 0 Å². The standard InChI is InChI=1S/C17H22O3/c1-16-8-3-9-17(2,15(19)20)14(16)7-5-11-4-6-12(18)10-13(11)16/h4,6,10,14,18H,3,5,7-9H2,1-2H3,(H,19,20)/t14-,16-,17-/m1/s1. The molecule has 2 N–H and O–H groups in total. The van der Waals surface area contributed by atoms with Crippen LogP contribution in [0.25, 0.3) is 0 Å². The summed E-state index contributed by atoms with van der Waals surface area (Å²) in [6.45, 7) is 4.10. The van der Waals surface area contributed by atoms with Gasteiger partial charge in [-0.05, 0) is 67.2 Å². The third-order valence-electron chi connectivity index (χ3n) is 5.83. The van der Waals surface area contributed by atoms with Crippen LogP contribution in [-0.4, -0.2) is 16.2 Å². The van der Waals surface area contributed by atoms with E-state index < -0.39 is 11.4 Å². The topological polar surface area (TPSA) is 57.5 Å². The van der Waals surface area contributed by atoms with E-state index in [-0.39, 0.29) is 17.1 Å². The fraction of sp³-hybridized carbons (Fsp3) is 0.588. The van der Waals surface area contributed by atoms with E-state index in [0.717, 1.165) is 32.1 Å². The molecule has 0 unspecified atom stereocenters. The lowest BCUT2D eigenvalue weighted by molar-refractivity contribution is -0.157. The highest BCUT2D eigenvalue weighted by Crippen LogP contribution is 2.57. The largest absolute Gasteiger partial charge is 0.508 e. The molecule has 3 atom stereocenters. The Morgan fingerprint density at radius 3 is 2.75 bits per heavy atom. The van der Waals surface area contributed by atoms with E-state index in [2.05, 4.69) is 6.92 Å². The highest BCUT2D eigenvalue weighted by Gasteiger charge is 2.55. The quantitative estimate of drug-likeness (QED) is 0.824. The summed E-state index contributed by atoms with van der Waals surface area (Å²) in [4.78, 5) is 11.8. The second kappa shape index (κ2) is 4.24. The first kappa shape index (κ1) is 13.5. The molecule has 1 saturated carbocycles. The van der Waals surface area contributed by atoms with Gasteiger partial charge in [0.2, 0.25) is 0 Å². The van der Waals surface area contributed by atoms with Crippen LogP contribution in [0.3, 0.4) is 0 Å². The number of carboxylic acid groups (broad SMARTS) is 1. The molecule has 0 aromatic heterocycles. The molecule has 20 heavy (non-hydrogen) atoms. The third-order valence-corrected chi connectivity index (χ3v) is 5.83. The molecule has 0 heterocycles. The fourth-order valence-electron chi connectivity index (χ4n) is 4.70. The predicted octanol–water partition coefficient (Wildman–Crippen LogP) is 3.49. The zero-order chi connectivity index (χ0) is 14.5. The van der Waals surface area contributed by atoms with E-state index in [1.807, 2.05) is 19.1 Å². The smallest absolute Gasteiger partial charge is 0.309 e. The highest BCUT2D eigenvalue weighted by molar-refractivity contribution is 5.75. The maximum Gasteiger partial charge on any atom is 0.309 e. The van der Waals surface area contributed by atoms with Crippen molar-refractivity contribution in [2.75, 3.05) is 0 Å². The van der Waals surface area contributed by atoms with Gasteiger partial charge in [0.25, 0.3) is 0 Å². The molecule has 3 rings (SSSR count). The zero-order valence-corrected chi connectivity index (χ0v) is 12.1. The lowest BCUT2D eigenvalue weighted by Gasteiger charge is -2.53. The number of aryl methyl sites for hydroxylation is 1. The van der Waals surface area contributed by atoms with Crippen LogP contribution in [0.5, 0.6) is 5.75 Å². The Hall–Kier alpha value is -1.51. The highest BCUT2D eigenvalue weighted by atomic mass is 16.4. The normalized spacial score (nSPS) is 36.0. The van der Waals surface area contributed by atoms with Gasteiger partial charge in [-0.25, -0.2) is 0 Å². The molecule has 1 aromatic carbocycles. The van der Waals surface area contributed by atoms with E-state index in [1.54, 1.807) is 6.07 Å². The lowest BCUT2D eigenvalue weighted by Crippen LogP contribution is -2.52. The Morgan fingerprint density at radius 1 is 1.30 bits per heavy atom. The predicted molar refractivity (Wildman–Crippen MR) is 76.9 cm³/mol. The van der Waals surface area contributed by atoms with Crippen LogP contribution in [0.4, 0.5) is 0 Å².